The first-order chi connectivity index (χ1) is 11.3. The van der Waals surface area contributed by atoms with E-state index in [1.807, 2.05) is 0 Å². The molecule has 2 N–H and O–H groups in total. The van der Waals surface area contributed by atoms with Crippen molar-refractivity contribution in [3.8, 4) is 11.5 Å². The third kappa shape index (κ3) is 3.33. The Bertz CT molecular complexity index is 635. The van der Waals surface area contributed by atoms with Crippen LogP contribution in [0, 0.1) is 0 Å². The van der Waals surface area contributed by atoms with Gasteiger partial charge in [-0.15, -0.1) is 0 Å². The van der Waals surface area contributed by atoms with Gasteiger partial charge in [-0.2, -0.15) is 13.2 Å². The van der Waals surface area contributed by atoms with Crippen molar-refractivity contribution in [1.82, 2.24) is 10.6 Å². The molecule has 5 nitrogen and oxygen atoms in total. The molecule has 1 heterocycles. The van der Waals surface area contributed by atoms with Gasteiger partial charge in [0.05, 0.1) is 0 Å². The zero-order valence-corrected chi connectivity index (χ0v) is 13.3. The molecular weight excluding hydrogens is 349 g/mol. The van der Waals surface area contributed by atoms with Crippen LogP contribution in [0.5, 0.6) is 11.5 Å². The maximum atomic E-state index is 13.5. The van der Waals surface area contributed by atoms with Gasteiger partial charge in [-0.3, -0.25) is 5.32 Å². The third-order valence-electron chi connectivity index (χ3n) is 4.00. The zero-order valence-electron chi connectivity index (χ0n) is 12.6. The molecule has 132 valence electrons. The van der Waals surface area contributed by atoms with Gasteiger partial charge in [-0.25, -0.2) is 4.79 Å². The number of halogens is 4. The van der Waals surface area contributed by atoms with Crippen LogP contribution in [0.4, 0.5) is 18.0 Å². The standard InChI is InChI=1S/C15H16ClF3N2O3/c16-9-6-7-11-12(8-9)24-15(23-11,14(17,18)19)21-13(22)20-10-4-2-1-3-5-10/h6-8,10H,1-5H2,(H2,20,21,22). The summed E-state index contributed by atoms with van der Waals surface area (Å²) >= 11 is 5.75. The summed E-state index contributed by atoms with van der Waals surface area (Å²) in [7, 11) is 0. The van der Waals surface area contributed by atoms with Crippen molar-refractivity contribution < 1.29 is 27.4 Å². The summed E-state index contributed by atoms with van der Waals surface area (Å²) in [4.78, 5) is 12.0. The van der Waals surface area contributed by atoms with Gasteiger partial charge in [0.1, 0.15) is 0 Å². The third-order valence-corrected chi connectivity index (χ3v) is 4.24. The molecule has 1 aliphatic heterocycles. The summed E-state index contributed by atoms with van der Waals surface area (Å²) in [6.07, 6.45) is -0.566. The molecule has 0 radical (unpaired) electrons. The molecule has 1 atom stereocenters. The molecule has 2 amide bonds. The molecule has 24 heavy (non-hydrogen) atoms. The predicted molar refractivity (Wildman–Crippen MR) is 80.0 cm³/mol. The molecule has 1 unspecified atom stereocenters. The van der Waals surface area contributed by atoms with Crippen LogP contribution in [0.15, 0.2) is 18.2 Å². The molecule has 1 saturated carbocycles. The number of ether oxygens (including phenoxy) is 2. The number of hydrogen-bond acceptors (Lipinski definition) is 3. The fourth-order valence-corrected chi connectivity index (χ4v) is 2.99. The van der Waals surface area contributed by atoms with Crippen molar-refractivity contribution in [2.45, 2.75) is 50.2 Å². The van der Waals surface area contributed by atoms with E-state index in [4.69, 9.17) is 21.1 Å². The van der Waals surface area contributed by atoms with Crippen LogP contribution in [0.1, 0.15) is 32.1 Å². The zero-order chi connectivity index (χ0) is 17.4. The lowest BCUT2D eigenvalue weighted by Gasteiger charge is -2.31. The molecule has 0 bridgehead atoms. The Labute approximate surface area is 141 Å². The Kier molecular flexibility index (Phi) is 4.42. The molecule has 1 aromatic carbocycles. The van der Waals surface area contributed by atoms with Gasteiger partial charge in [0.15, 0.2) is 11.5 Å². The Morgan fingerprint density at radius 2 is 1.83 bits per heavy atom. The lowest BCUT2D eigenvalue weighted by molar-refractivity contribution is -0.317. The molecule has 0 spiro atoms. The Balaban J connectivity index is 1.75. The van der Waals surface area contributed by atoms with Crippen molar-refractivity contribution in [3.63, 3.8) is 0 Å². The van der Waals surface area contributed by atoms with Gasteiger partial charge in [-0.1, -0.05) is 30.9 Å². The van der Waals surface area contributed by atoms with E-state index in [0.29, 0.717) is 0 Å². The van der Waals surface area contributed by atoms with Crippen molar-refractivity contribution in [2.75, 3.05) is 0 Å². The van der Waals surface area contributed by atoms with Crippen molar-refractivity contribution in [3.05, 3.63) is 23.2 Å². The summed E-state index contributed by atoms with van der Waals surface area (Å²) in [5, 5.41) is 4.52. The average molecular weight is 365 g/mol. The second kappa shape index (κ2) is 6.23. The fourth-order valence-electron chi connectivity index (χ4n) is 2.83. The summed E-state index contributed by atoms with van der Waals surface area (Å²) in [5.41, 5.74) is 0. The molecule has 2 aliphatic rings. The number of amides is 2. The van der Waals surface area contributed by atoms with Crippen LogP contribution in [0.25, 0.3) is 0 Å². The second-order valence-electron chi connectivity index (χ2n) is 5.84. The van der Waals surface area contributed by atoms with E-state index in [-0.39, 0.29) is 22.6 Å². The summed E-state index contributed by atoms with van der Waals surface area (Å²) in [6.45, 7) is 0. The summed E-state index contributed by atoms with van der Waals surface area (Å²) in [6, 6.07) is 2.69. The quantitative estimate of drug-likeness (QED) is 0.835. The number of carbonyl (C=O) groups excluding carboxylic acids is 1. The summed E-state index contributed by atoms with van der Waals surface area (Å²) < 4.78 is 50.3. The minimum absolute atomic E-state index is 0.144. The molecule has 1 aromatic rings. The smallest absolute Gasteiger partial charge is 0.424 e. The molecular formula is C15H16ClF3N2O3. The largest absolute Gasteiger partial charge is 0.492 e. The molecule has 1 aliphatic carbocycles. The van der Waals surface area contributed by atoms with E-state index in [1.165, 1.54) is 18.2 Å². The number of rotatable bonds is 2. The Morgan fingerprint density at radius 3 is 2.50 bits per heavy atom. The van der Waals surface area contributed by atoms with E-state index >= 15 is 0 Å². The van der Waals surface area contributed by atoms with Crippen molar-refractivity contribution in [2.24, 2.45) is 0 Å². The fraction of sp³-hybridized carbons (Fsp3) is 0.533. The number of hydrogen-bond donors (Lipinski definition) is 2. The minimum atomic E-state index is -4.98. The lowest BCUT2D eigenvalue weighted by atomic mass is 9.96. The highest BCUT2D eigenvalue weighted by atomic mass is 35.5. The van der Waals surface area contributed by atoms with Gasteiger partial charge in [0.25, 0.3) is 0 Å². The molecule has 0 aromatic heterocycles. The first-order valence-corrected chi connectivity index (χ1v) is 8.00. The lowest BCUT2D eigenvalue weighted by Crippen LogP contribution is -2.66. The Hall–Kier alpha value is -1.83. The average Bonchev–Trinajstić information content (AvgIpc) is 2.86. The van der Waals surface area contributed by atoms with E-state index in [1.54, 1.807) is 5.32 Å². The molecule has 1 fully saturated rings. The van der Waals surface area contributed by atoms with Crippen LogP contribution < -0.4 is 20.1 Å². The normalized spacial score (nSPS) is 23.8. The van der Waals surface area contributed by atoms with Gasteiger partial charge in [0, 0.05) is 17.1 Å². The number of alkyl halides is 3. The van der Waals surface area contributed by atoms with Crippen LogP contribution in [-0.4, -0.2) is 24.2 Å². The number of nitrogens with one attached hydrogen (secondary N) is 2. The van der Waals surface area contributed by atoms with Crippen LogP contribution >= 0.6 is 11.6 Å². The van der Waals surface area contributed by atoms with E-state index < -0.39 is 18.1 Å². The molecule has 3 rings (SSSR count). The molecule has 0 saturated heterocycles. The van der Waals surface area contributed by atoms with E-state index in [0.717, 1.165) is 32.1 Å². The molecule has 9 heteroatoms. The first kappa shape index (κ1) is 17.0. The maximum Gasteiger partial charge on any atom is 0.492 e. The van der Waals surface area contributed by atoms with E-state index in [2.05, 4.69) is 5.32 Å². The second-order valence-corrected chi connectivity index (χ2v) is 6.28. The van der Waals surface area contributed by atoms with Crippen LogP contribution in [0.2, 0.25) is 5.02 Å². The SMILES string of the molecule is O=C(NC1CCCCC1)NC1(C(F)(F)F)Oc2ccc(Cl)cc2O1. The highest BCUT2D eigenvalue weighted by Crippen LogP contribution is 2.46. The van der Waals surface area contributed by atoms with Crippen molar-refractivity contribution in [1.29, 1.82) is 0 Å². The van der Waals surface area contributed by atoms with E-state index in [9.17, 15) is 18.0 Å². The van der Waals surface area contributed by atoms with Gasteiger partial charge >= 0.3 is 18.1 Å². The van der Waals surface area contributed by atoms with Gasteiger partial charge < -0.3 is 14.8 Å². The monoisotopic (exact) mass is 364 g/mol. The number of benzene rings is 1. The maximum absolute atomic E-state index is 13.5. The van der Waals surface area contributed by atoms with Crippen LogP contribution in [-0.2, 0) is 0 Å². The number of fused-ring (bicyclic) bond motifs is 1. The highest BCUT2D eigenvalue weighted by Gasteiger charge is 2.65. The van der Waals surface area contributed by atoms with Gasteiger partial charge in [0.2, 0.25) is 0 Å². The number of carbonyl (C=O) groups is 1. The van der Waals surface area contributed by atoms with Crippen molar-refractivity contribution >= 4 is 17.6 Å². The summed E-state index contributed by atoms with van der Waals surface area (Å²) in [5.74, 6) is -3.59. The topological polar surface area (TPSA) is 59.6 Å². The number of urea groups is 1. The van der Waals surface area contributed by atoms with Gasteiger partial charge in [-0.05, 0) is 25.0 Å². The van der Waals surface area contributed by atoms with Crippen LogP contribution in [0.3, 0.4) is 0 Å². The minimum Gasteiger partial charge on any atom is -0.424 e. The highest BCUT2D eigenvalue weighted by molar-refractivity contribution is 6.30. The first-order valence-electron chi connectivity index (χ1n) is 7.62. The predicted octanol–water partition coefficient (Wildman–Crippen LogP) is 3.96. The Morgan fingerprint density at radius 1 is 1.17 bits per heavy atom.